The van der Waals surface area contributed by atoms with Gasteiger partial charge < -0.3 is 18.3 Å². The minimum Gasteiger partial charge on any atom is -0.309 e. The molecule has 0 atom stereocenters. The second kappa shape index (κ2) is 23.7. The van der Waals surface area contributed by atoms with Gasteiger partial charge in [0.2, 0.25) is 0 Å². The zero-order chi connectivity index (χ0) is 67.4. The summed E-state index contributed by atoms with van der Waals surface area (Å²) in [6.45, 7) is 0. The Bertz CT molecular complexity index is 6780. The Hall–Kier alpha value is -13.9. The lowest BCUT2D eigenvalue weighted by Gasteiger charge is -2.13. The van der Waals surface area contributed by atoms with Gasteiger partial charge in [0.1, 0.15) is 0 Å². The average molecular weight is 1300 g/mol. The lowest BCUT2D eigenvalue weighted by molar-refractivity contribution is 1.16. The van der Waals surface area contributed by atoms with E-state index in [0.717, 1.165) is 101 Å². The van der Waals surface area contributed by atoms with E-state index in [1.54, 1.807) is 0 Å². The summed E-state index contributed by atoms with van der Waals surface area (Å²) in [5.74, 6) is 0.614. The van der Waals surface area contributed by atoms with Gasteiger partial charge in [-0.05, 0) is 184 Å². The number of nitriles is 1. The van der Waals surface area contributed by atoms with E-state index in [2.05, 4.69) is 358 Å². The van der Waals surface area contributed by atoms with E-state index >= 15 is 0 Å². The molecule has 0 N–H and O–H groups in total. The second-order valence-corrected chi connectivity index (χ2v) is 26.4. The van der Waals surface area contributed by atoms with E-state index in [0.29, 0.717) is 11.4 Å². The van der Waals surface area contributed by atoms with Crippen LogP contribution in [-0.4, -0.2) is 28.2 Å². The topological polar surface area (TPSA) is 69.3 Å². The summed E-state index contributed by atoms with van der Waals surface area (Å²) in [6.07, 6.45) is 0. The molecule has 15 aromatic carbocycles. The SMILES string of the molecule is N#Cc1cccc(-c2ccc(-c3nc(-c4ccc(-c5ccc(-n6c7ccccc7c7cc(-c8ccc9c(c8)c8ccccc8n9-c8ccccc8)ccc76)cc5)cc4)cc(-c4cccc(-n5c6ccccc6c6cc(-c7ccc8c(c7)c7ccccc7n8-c7ccccc7)ccc65)c4)n3)cc2)c1. The second-order valence-electron chi connectivity index (χ2n) is 26.4. The summed E-state index contributed by atoms with van der Waals surface area (Å²) in [5, 5.41) is 19.5. The molecule has 0 radical (unpaired) electrons. The molecule has 102 heavy (non-hydrogen) atoms. The van der Waals surface area contributed by atoms with Crippen molar-refractivity contribution in [3.63, 3.8) is 0 Å². The first-order valence-corrected chi connectivity index (χ1v) is 34.6. The fourth-order valence-electron chi connectivity index (χ4n) is 15.8. The maximum atomic E-state index is 9.73. The molecule has 0 saturated heterocycles. The summed E-state index contributed by atoms with van der Waals surface area (Å²) in [6, 6.07) is 131. The number of hydrogen-bond acceptors (Lipinski definition) is 3. The first-order valence-electron chi connectivity index (χ1n) is 34.6. The molecule has 7 nitrogen and oxygen atoms in total. The van der Waals surface area contributed by atoms with Gasteiger partial charge >= 0.3 is 0 Å². The van der Waals surface area contributed by atoms with Crippen LogP contribution in [0.2, 0.25) is 0 Å². The third kappa shape index (κ3) is 9.65. The Morgan fingerprint density at radius 2 is 0.500 bits per heavy atom. The predicted molar refractivity (Wildman–Crippen MR) is 422 cm³/mol. The molecule has 0 saturated carbocycles. The Labute approximate surface area is 587 Å². The summed E-state index contributed by atoms with van der Waals surface area (Å²) < 4.78 is 9.52. The molecule has 0 bridgehead atoms. The normalized spacial score (nSPS) is 11.7. The standard InChI is InChI=1S/C95H59N7/c96-60-61-17-15-18-67(53-61)64-35-39-66(40-36-64)95-97-85(59-86(98-95)72-19-16-24-76(54-72)102-90-32-14-10-28-80(90)84-58-71(46-52-94(84)102)69-44-50-92-82(56-69)78-26-8-12-30-88(78)100(92)74-22-5-2-6-23-74)65-37-33-62(34-38-65)63-41-47-75(48-42-63)101-89-31-13-9-27-79(89)83-57-70(45-51-93(83)101)68-43-49-91-81(55-68)77-25-7-11-29-87(77)99(91)73-20-3-1-4-21-73/h1-59H. The van der Waals surface area contributed by atoms with Crippen LogP contribution in [0.25, 0.3) is 188 Å². The van der Waals surface area contributed by atoms with Crippen molar-refractivity contribution in [2.75, 3.05) is 0 Å². The largest absolute Gasteiger partial charge is 0.309 e. The lowest BCUT2D eigenvalue weighted by atomic mass is 10.0. The lowest BCUT2D eigenvalue weighted by Crippen LogP contribution is -1.98. The number of hydrogen-bond donors (Lipinski definition) is 0. The fraction of sp³-hybridized carbons (Fsp3) is 0. The van der Waals surface area contributed by atoms with E-state index in [4.69, 9.17) is 9.97 Å². The summed E-state index contributed by atoms with van der Waals surface area (Å²) in [4.78, 5) is 10.7. The molecule has 5 aromatic heterocycles. The molecule has 0 aliphatic carbocycles. The summed E-state index contributed by atoms with van der Waals surface area (Å²) >= 11 is 0. The Balaban J connectivity index is 0.636. The van der Waals surface area contributed by atoms with Crippen molar-refractivity contribution in [1.29, 1.82) is 5.26 Å². The highest BCUT2D eigenvalue weighted by Crippen LogP contribution is 2.43. The van der Waals surface area contributed by atoms with E-state index < -0.39 is 0 Å². The molecule has 0 unspecified atom stereocenters. The molecule has 0 spiro atoms. The maximum absolute atomic E-state index is 9.73. The van der Waals surface area contributed by atoms with Crippen molar-refractivity contribution in [3.8, 4) is 107 Å². The summed E-state index contributed by atoms with van der Waals surface area (Å²) in [5.41, 5.74) is 27.7. The first-order chi connectivity index (χ1) is 50.5. The Kier molecular flexibility index (Phi) is 13.5. The number of benzene rings is 15. The molecule has 7 heteroatoms. The number of aromatic nitrogens is 6. The smallest absolute Gasteiger partial charge is 0.160 e. The van der Waals surface area contributed by atoms with Crippen LogP contribution in [0.15, 0.2) is 358 Å². The van der Waals surface area contributed by atoms with Crippen LogP contribution in [0, 0.1) is 11.3 Å². The molecule has 20 aromatic rings. The monoisotopic (exact) mass is 1300 g/mol. The molecule has 474 valence electrons. The van der Waals surface area contributed by atoms with E-state index in [-0.39, 0.29) is 0 Å². The van der Waals surface area contributed by atoms with Crippen LogP contribution < -0.4 is 0 Å². The van der Waals surface area contributed by atoms with E-state index in [1.807, 2.05) is 24.3 Å². The van der Waals surface area contributed by atoms with E-state index in [9.17, 15) is 5.26 Å². The number of rotatable bonds is 11. The Morgan fingerprint density at radius 1 is 0.196 bits per heavy atom. The summed E-state index contributed by atoms with van der Waals surface area (Å²) in [7, 11) is 0. The molecule has 0 aliphatic rings. The average Bonchev–Trinajstić information content (AvgIpc) is 1.59. The van der Waals surface area contributed by atoms with Crippen molar-refractivity contribution in [1.82, 2.24) is 28.2 Å². The van der Waals surface area contributed by atoms with Crippen LogP contribution in [0.4, 0.5) is 0 Å². The highest BCUT2D eigenvalue weighted by Gasteiger charge is 2.21. The maximum Gasteiger partial charge on any atom is 0.160 e. The third-order valence-electron chi connectivity index (χ3n) is 20.6. The van der Waals surface area contributed by atoms with Gasteiger partial charge in [-0.25, -0.2) is 9.97 Å². The zero-order valence-electron chi connectivity index (χ0n) is 55.2. The first kappa shape index (κ1) is 58.2. The van der Waals surface area contributed by atoms with Crippen LogP contribution >= 0.6 is 0 Å². The van der Waals surface area contributed by atoms with Gasteiger partial charge in [-0.15, -0.1) is 0 Å². The quantitative estimate of drug-likeness (QED) is 0.130. The van der Waals surface area contributed by atoms with Gasteiger partial charge in [-0.1, -0.05) is 218 Å². The van der Waals surface area contributed by atoms with Gasteiger partial charge in [0.15, 0.2) is 5.82 Å². The number of nitrogens with zero attached hydrogens (tertiary/aromatic N) is 7. The van der Waals surface area contributed by atoms with Crippen LogP contribution in [0.5, 0.6) is 0 Å². The van der Waals surface area contributed by atoms with Gasteiger partial charge in [-0.2, -0.15) is 5.26 Å². The minimum absolute atomic E-state index is 0.614. The van der Waals surface area contributed by atoms with Crippen molar-refractivity contribution in [3.05, 3.63) is 363 Å². The van der Waals surface area contributed by atoms with E-state index in [1.165, 1.54) is 81.8 Å². The number of fused-ring (bicyclic) bond motifs is 12. The van der Waals surface area contributed by atoms with Gasteiger partial charge in [0, 0.05) is 82.5 Å². The molecule has 0 amide bonds. The molecule has 20 rings (SSSR count). The van der Waals surface area contributed by atoms with Crippen LogP contribution in [0.3, 0.4) is 0 Å². The Morgan fingerprint density at radius 3 is 0.941 bits per heavy atom. The zero-order valence-corrected chi connectivity index (χ0v) is 55.2. The predicted octanol–water partition coefficient (Wildman–Crippen LogP) is 24.4. The van der Waals surface area contributed by atoms with Crippen molar-refractivity contribution >= 4 is 87.2 Å². The van der Waals surface area contributed by atoms with Crippen molar-refractivity contribution in [2.45, 2.75) is 0 Å². The van der Waals surface area contributed by atoms with Crippen LogP contribution in [-0.2, 0) is 0 Å². The van der Waals surface area contributed by atoms with Crippen LogP contribution in [0.1, 0.15) is 5.56 Å². The highest BCUT2D eigenvalue weighted by atomic mass is 15.0. The minimum atomic E-state index is 0.614. The molecule has 0 fully saturated rings. The molecule has 5 heterocycles. The van der Waals surface area contributed by atoms with Gasteiger partial charge in [-0.3, -0.25) is 0 Å². The van der Waals surface area contributed by atoms with Gasteiger partial charge in [0.05, 0.1) is 67.2 Å². The molecule has 0 aliphatic heterocycles. The molecular weight excluding hydrogens is 1240 g/mol. The molecular formula is C95H59N7. The van der Waals surface area contributed by atoms with Crippen molar-refractivity contribution < 1.29 is 0 Å². The number of para-hydroxylation sites is 6. The third-order valence-corrected chi connectivity index (χ3v) is 20.6. The van der Waals surface area contributed by atoms with Crippen molar-refractivity contribution in [2.24, 2.45) is 0 Å². The fourth-order valence-corrected chi connectivity index (χ4v) is 15.8. The van der Waals surface area contributed by atoms with Gasteiger partial charge in [0.25, 0.3) is 0 Å². The highest BCUT2D eigenvalue weighted by molar-refractivity contribution is 6.15.